The van der Waals surface area contributed by atoms with Crippen LogP contribution in [0.4, 0.5) is 0 Å². The highest BCUT2D eigenvalue weighted by atomic mass is 127. The van der Waals surface area contributed by atoms with Crippen molar-refractivity contribution in [1.82, 2.24) is 20.0 Å². The summed E-state index contributed by atoms with van der Waals surface area (Å²) in [7, 11) is 1.98. The Morgan fingerprint density at radius 1 is 1.28 bits per heavy atom. The zero-order valence-corrected chi connectivity index (χ0v) is 19.7. The molecule has 0 amide bonds. The number of aromatic nitrogens is 2. The first-order chi connectivity index (χ1) is 13.7. The van der Waals surface area contributed by atoms with Gasteiger partial charge in [0.1, 0.15) is 5.75 Å². The minimum Gasteiger partial charge on any atom is -0.493 e. The topological polar surface area (TPSA) is 54.7 Å². The first-order valence-electron chi connectivity index (χ1n) is 10.5. The third-order valence-electron chi connectivity index (χ3n) is 5.56. The second-order valence-corrected chi connectivity index (χ2v) is 7.91. The zero-order valence-electron chi connectivity index (χ0n) is 17.4. The maximum atomic E-state index is 6.04. The number of nitrogens with zero attached hydrogens (tertiary/aromatic N) is 4. The van der Waals surface area contributed by atoms with Gasteiger partial charge in [0.2, 0.25) is 0 Å². The molecule has 1 N–H and O–H groups in total. The summed E-state index contributed by atoms with van der Waals surface area (Å²) in [6.45, 7) is 6.46. The van der Waals surface area contributed by atoms with E-state index in [2.05, 4.69) is 46.6 Å². The van der Waals surface area contributed by atoms with Crippen LogP contribution in [0.5, 0.6) is 5.75 Å². The van der Waals surface area contributed by atoms with Gasteiger partial charge in [0.25, 0.3) is 0 Å². The fourth-order valence-corrected chi connectivity index (χ4v) is 3.73. The van der Waals surface area contributed by atoms with E-state index in [4.69, 9.17) is 9.73 Å². The molecule has 1 unspecified atom stereocenters. The molecular formula is C22H32IN5O. The lowest BCUT2D eigenvalue weighted by Crippen LogP contribution is -2.40. The van der Waals surface area contributed by atoms with Gasteiger partial charge in [-0.05, 0) is 43.7 Å². The van der Waals surface area contributed by atoms with Crippen LogP contribution in [0, 0.1) is 5.92 Å². The van der Waals surface area contributed by atoms with Gasteiger partial charge < -0.3 is 15.0 Å². The highest BCUT2D eigenvalue weighted by Crippen LogP contribution is 2.31. The van der Waals surface area contributed by atoms with Crippen LogP contribution in [0.3, 0.4) is 0 Å². The highest BCUT2D eigenvalue weighted by molar-refractivity contribution is 14.0. The van der Waals surface area contributed by atoms with E-state index in [1.165, 1.54) is 18.4 Å². The molecule has 1 aliphatic heterocycles. The van der Waals surface area contributed by atoms with E-state index in [9.17, 15) is 0 Å². The summed E-state index contributed by atoms with van der Waals surface area (Å²) in [5, 5.41) is 7.79. The third-order valence-corrected chi connectivity index (χ3v) is 5.56. The summed E-state index contributed by atoms with van der Waals surface area (Å²) in [6, 6.07) is 8.29. The lowest BCUT2D eigenvalue weighted by atomic mass is 10.0. The smallest absolute Gasteiger partial charge is 0.194 e. The molecule has 158 valence electrons. The van der Waals surface area contributed by atoms with E-state index < -0.39 is 0 Å². The number of hydrogen-bond acceptors (Lipinski definition) is 3. The van der Waals surface area contributed by atoms with Gasteiger partial charge in [-0.1, -0.05) is 18.2 Å². The number of aliphatic imine (C=N–C) groups is 1. The zero-order chi connectivity index (χ0) is 19.3. The molecule has 2 aromatic rings. The molecular weight excluding hydrogens is 477 g/mol. The first-order valence-corrected chi connectivity index (χ1v) is 10.5. The average Bonchev–Trinajstić information content (AvgIpc) is 3.22. The van der Waals surface area contributed by atoms with Crippen molar-refractivity contribution in [2.24, 2.45) is 18.0 Å². The molecule has 2 aliphatic rings. The van der Waals surface area contributed by atoms with Crippen LogP contribution >= 0.6 is 24.0 Å². The standard InChI is InChI=1S/C22H31N5O.HI/c1-3-23-22(27-11-10-19(15-27)20-13-25-26(2)14-20)24-12-18-6-4-5-7-21(18)28-16-17-8-9-17;/h4-7,13-14,17,19H,3,8-12,15-16H2,1-2H3,(H,23,24);1H. The molecule has 29 heavy (non-hydrogen) atoms. The van der Waals surface area contributed by atoms with Crippen molar-refractivity contribution >= 4 is 29.9 Å². The van der Waals surface area contributed by atoms with Gasteiger partial charge in [-0.3, -0.25) is 4.68 Å². The maximum absolute atomic E-state index is 6.04. The molecule has 1 saturated heterocycles. The molecule has 1 aliphatic carbocycles. The van der Waals surface area contributed by atoms with Gasteiger partial charge in [-0.2, -0.15) is 5.10 Å². The second kappa shape index (κ2) is 10.3. The quantitative estimate of drug-likeness (QED) is 0.351. The normalized spacial score (nSPS) is 19.2. The Labute approximate surface area is 190 Å². The molecule has 7 heteroatoms. The van der Waals surface area contributed by atoms with Crippen LogP contribution in [0.1, 0.15) is 43.2 Å². The van der Waals surface area contributed by atoms with E-state index in [1.807, 2.05) is 24.0 Å². The van der Waals surface area contributed by atoms with Crippen LogP contribution in [-0.2, 0) is 13.6 Å². The van der Waals surface area contributed by atoms with E-state index >= 15 is 0 Å². The molecule has 6 nitrogen and oxygen atoms in total. The monoisotopic (exact) mass is 509 g/mol. The molecule has 2 fully saturated rings. The number of likely N-dealkylation sites (tertiary alicyclic amines) is 1. The van der Waals surface area contributed by atoms with Crippen LogP contribution in [-0.4, -0.2) is 46.9 Å². The van der Waals surface area contributed by atoms with E-state index in [0.29, 0.717) is 12.5 Å². The van der Waals surface area contributed by atoms with Gasteiger partial charge in [-0.25, -0.2) is 4.99 Å². The van der Waals surface area contributed by atoms with Crippen LogP contribution < -0.4 is 10.1 Å². The largest absolute Gasteiger partial charge is 0.493 e. The predicted octanol–water partition coefficient (Wildman–Crippen LogP) is 3.78. The summed E-state index contributed by atoms with van der Waals surface area (Å²) in [6.07, 6.45) is 7.87. The van der Waals surface area contributed by atoms with E-state index in [1.54, 1.807) is 0 Å². The van der Waals surface area contributed by atoms with Crippen molar-refractivity contribution in [3.8, 4) is 5.75 Å². The Balaban J connectivity index is 0.00000240. The predicted molar refractivity (Wildman–Crippen MR) is 127 cm³/mol. The fourth-order valence-electron chi connectivity index (χ4n) is 3.73. The minimum atomic E-state index is 0. The summed E-state index contributed by atoms with van der Waals surface area (Å²) >= 11 is 0. The SMILES string of the molecule is CCNC(=NCc1ccccc1OCC1CC1)N1CCC(c2cnn(C)c2)C1.I. The number of aryl methyl sites for hydroxylation is 1. The Morgan fingerprint density at radius 3 is 2.83 bits per heavy atom. The molecule has 2 heterocycles. The Bertz CT molecular complexity index is 817. The van der Waals surface area contributed by atoms with Crippen molar-refractivity contribution in [3.63, 3.8) is 0 Å². The average molecular weight is 509 g/mol. The number of nitrogens with one attached hydrogen (secondary N) is 1. The fraction of sp³-hybridized carbons (Fsp3) is 0.545. The Morgan fingerprint density at radius 2 is 2.10 bits per heavy atom. The van der Waals surface area contributed by atoms with Crippen molar-refractivity contribution in [3.05, 3.63) is 47.8 Å². The molecule has 1 atom stereocenters. The van der Waals surface area contributed by atoms with Crippen LogP contribution in [0.15, 0.2) is 41.7 Å². The number of para-hydroxylation sites is 1. The van der Waals surface area contributed by atoms with Crippen LogP contribution in [0.2, 0.25) is 0 Å². The number of benzene rings is 1. The maximum Gasteiger partial charge on any atom is 0.194 e. The molecule has 0 bridgehead atoms. The summed E-state index contributed by atoms with van der Waals surface area (Å²) < 4.78 is 7.93. The number of hydrogen-bond donors (Lipinski definition) is 1. The van der Waals surface area contributed by atoms with Crippen molar-refractivity contribution < 1.29 is 4.74 Å². The molecule has 1 saturated carbocycles. The Kier molecular flexibility index (Phi) is 7.80. The number of guanidine groups is 1. The van der Waals surface area contributed by atoms with Gasteiger partial charge in [-0.15, -0.1) is 24.0 Å². The molecule has 1 aromatic heterocycles. The highest BCUT2D eigenvalue weighted by Gasteiger charge is 2.27. The molecule has 0 radical (unpaired) electrons. The van der Waals surface area contributed by atoms with Gasteiger partial charge in [0, 0.05) is 44.4 Å². The third kappa shape index (κ3) is 5.87. The molecule has 1 aromatic carbocycles. The number of ether oxygens (including phenoxy) is 1. The van der Waals surface area contributed by atoms with Crippen molar-refractivity contribution in [2.75, 3.05) is 26.2 Å². The van der Waals surface area contributed by atoms with E-state index in [-0.39, 0.29) is 24.0 Å². The summed E-state index contributed by atoms with van der Waals surface area (Å²) in [5.74, 6) is 3.24. The lowest BCUT2D eigenvalue weighted by molar-refractivity contribution is 0.297. The second-order valence-electron chi connectivity index (χ2n) is 7.91. The minimum absolute atomic E-state index is 0. The first kappa shape index (κ1) is 21.9. The Hall–Kier alpha value is -1.77. The van der Waals surface area contributed by atoms with Gasteiger partial charge >= 0.3 is 0 Å². The van der Waals surface area contributed by atoms with Crippen LogP contribution in [0.25, 0.3) is 0 Å². The van der Waals surface area contributed by atoms with Gasteiger partial charge in [0.15, 0.2) is 5.96 Å². The van der Waals surface area contributed by atoms with Crippen molar-refractivity contribution in [2.45, 2.75) is 38.6 Å². The lowest BCUT2D eigenvalue weighted by Gasteiger charge is -2.21. The summed E-state index contributed by atoms with van der Waals surface area (Å²) in [5.41, 5.74) is 2.47. The number of halogens is 1. The number of rotatable bonds is 7. The summed E-state index contributed by atoms with van der Waals surface area (Å²) in [4.78, 5) is 7.30. The van der Waals surface area contributed by atoms with E-state index in [0.717, 1.165) is 55.9 Å². The molecule has 4 rings (SSSR count). The molecule has 0 spiro atoms. The van der Waals surface area contributed by atoms with Crippen molar-refractivity contribution in [1.29, 1.82) is 0 Å². The van der Waals surface area contributed by atoms with Gasteiger partial charge in [0.05, 0.1) is 19.3 Å².